The molecule has 0 amide bonds. The van der Waals surface area contributed by atoms with E-state index in [1.54, 1.807) is 5.38 Å². The fourth-order valence-corrected chi connectivity index (χ4v) is 2.32. The molecule has 0 atom stereocenters. The Morgan fingerprint density at radius 2 is 2.27 bits per heavy atom. The zero-order valence-corrected chi connectivity index (χ0v) is 9.88. The highest BCUT2D eigenvalue weighted by atomic mass is 79.9. The molecule has 1 heterocycles. The molecule has 0 bridgehead atoms. The van der Waals surface area contributed by atoms with Crippen LogP contribution < -0.4 is 0 Å². The van der Waals surface area contributed by atoms with Gasteiger partial charge in [-0.3, -0.25) is 0 Å². The molecular weight excluding hydrogens is 278 g/mol. The van der Waals surface area contributed by atoms with Gasteiger partial charge in [-0.2, -0.15) is 0 Å². The van der Waals surface area contributed by atoms with Gasteiger partial charge in [0.15, 0.2) is 5.69 Å². The minimum Gasteiger partial charge on any atom is -0.476 e. The van der Waals surface area contributed by atoms with Crippen LogP contribution >= 0.6 is 27.3 Å². The van der Waals surface area contributed by atoms with E-state index >= 15 is 0 Å². The second-order valence-electron chi connectivity index (χ2n) is 2.85. The van der Waals surface area contributed by atoms with Crippen molar-refractivity contribution in [2.24, 2.45) is 0 Å². The van der Waals surface area contributed by atoms with E-state index in [0.717, 1.165) is 10.0 Å². The fourth-order valence-electron chi connectivity index (χ4n) is 1.13. The monoisotopic (exact) mass is 283 g/mol. The second kappa shape index (κ2) is 4.12. The molecule has 5 heteroatoms. The smallest absolute Gasteiger partial charge is 0.355 e. The van der Waals surface area contributed by atoms with Crippen molar-refractivity contribution in [3.05, 3.63) is 39.8 Å². The van der Waals surface area contributed by atoms with E-state index in [2.05, 4.69) is 20.9 Å². The number of hydrogen-bond acceptors (Lipinski definition) is 3. The van der Waals surface area contributed by atoms with Crippen LogP contribution in [0.2, 0.25) is 0 Å². The molecule has 0 radical (unpaired) electrons. The summed E-state index contributed by atoms with van der Waals surface area (Å²) in [7, 11) is 0. The van der Waals surface area contributed by atoms with Crippen LogP contribution in [0.25, 0.3) is 10.6 Å². The van der Waals surface area contributed by atoms with Gasteiger partial charge in [-0.05, 0) is 12.1 Å². The van der Waals surface area contributed by atoms with Crippen molar-refractivity contribution in [1.29, 1.82) is 0 Å². The van der Waals surface area contributed by atoms with Gasteiger partial charge in [-0.25, -0.2) is 9.78 Å². The number of aromatic nitrogens is 1. The summed E-state index contributed by atoms with van der Waals surface area (Å²) in [6, 6.07) is 7.61. The Morgan fingerprint density at radius 1 is 1.47 bits per heavy atom. The van der Waals surface area contributed by atoms with E-state index in [9.17, 15) is 4.79 Å². The van der Waals surface area contributed by atoms with Crippen LogP contribution in [-0.4, -0.2) is 16.1 Å². The minimum atomic E-state index is -0.993. The standard InChI is InChI=1S/C10H6BrNO2S/c11-7-3-1-2-6(4-7)9-12-8(5-15-9)10(13)14/h1-5H,(H,13,14). The van der Waals surface area contributed by atoms with E-state index in [4.69, 9.17) is 5.11 Å². The molecule has 3 nitrogen and oxygen atoms in total. The highest BCUT2D eigenvalue weighted by molar-refractivity contribution is 9.10. The average molecular weight is 284 g/mol. The first kappa shape index (κ1) is 10.3. The van der Waals surface area contributed by atoms with Crippen molar-refractivity contribution < 1.29 is 9.90 Å². The lowest BCUT2D eigenvalue weighted by atomic mass is 10.2. The van der Waals surface area contributed by atoms with E-state index in [1.165, 1.54) is 11.3 Å². The second-order valence-corrected chi connectivity index (χ2v) is 4.63. The van der Waals surface area contributed by atoms with E-state index in [0.29, 0.717) is 5.01 Å². The van der Waals surface area contributed by atoms with Gasteiger partial charge in [-0.1, -0.05) is 28.1 Å². The van der Waals surface area contributed by atoms with Crippen molar-refractivity contribution in [2.45, 2.75) is 0 Å². The Morgan fingerprint density at radius 3 is 2.87 bits per heavy atom. The van der Waals surface area contributed by atoms with Crippen LogP contribution in [0.1, 0.15) is 10.5 Å². The zero-order chi connectivity index (χ0) is 10.8. The largest absolute Gasteiger partial charge is 0.476 e. The number of thiazole rings is 1. The third-order valence-corrected chi connectivity index (χ3v) is 3.18. The van der Waals surface area contributed by atoms with Gasteiger partial charge in [-0.15, -0.1) is 11.3 Å². The third kappa shape index (κ3) is 2.24. The molecule has 1 aromatic heterocycles. The molecule has 0 saturated carbocycles. The number of nitrogens with zero attached hydrogens (tertiary/aromatic N) is 1. The maximum Gasteiger partial charge on any atom is 0.355 e. The Bertz CT molecular complexity index is 510. The third-order valence-electron chi connectivity index (χ3n) is 1.79. The highest BCUT2D eigenvalue weighted by Crippen LogP contribution is 2.26. The lowest BCUT2D eigenvalue weighted by molar-refractivity contribution is 0.0691. The first-order valence-electron chi connectivity index (χ1n) is 4.11. The quantitative estimate of drug-likeness (QED) is 0.920. The number of aromatic carboxylic acids is 1. The van der Waals surface area contributed by atoms with E-state index < -0.39 is 5.97 Å². The molecule has 0 fully saturated rings. The van der Waals surface area contributed by atoms with Crippen LogP contribution in [0, 0.1) is 0 Å². The molecule has 0 aliphatic carbocycles. The summed E-state index contributed by atoms with van der Waals surface area (Å²) >= 11 is 4.68. The Balaban J connectivity index is 2.41. The van der Waals surface area contributed by atoms with Crippen molar-refractivity contribution >= 4 is 33.2 Å². The van der Waals surface area contributed by atoms with Crippen LogP contribution in [0.3, 0.4) is 0 Å². The Kier molecular flexibility index (Phi) is 2.83. The predicted molar refractivity (Wildman–Crippen MR) is 62.2 cm³/mol. The Labute approximate surface area is 98.5 Å². The predicted octanol–water partition coefficient (Wildman–Crippen LogP) is 3.27. The van der Waals surface area contributed by atoms with Crippen molar-refractivity contribution in [2.75, 3.05) is 0 Å². The zero-order valence-electron chi connectivity index (χ0n) is 7.48. The summed E-state index contributed by atoms with van der Waals surface area (Å²) in [6.45, 7) is 0. The summed E-state index contributed by atoms with van der Waals surface area (Å²) < 4.78 is 0.951. The van der Waals surface area contributed by atoms with Crippen molar-refractivity contribution in [1.82, 2.24) is 4.98 Å². The first-order valence-corrected chi connectivity index (χ1v) is 5.79. The molecule has 1 aromatic carbocycles. The molecule has 0 spiro atoms. The number of carboxylic acid groups (broad SMARTS) is 1. The van der Waals surface area contributed by atoms with Crippen LogP contribution in [0.4, 0.5) is 0 Å². The summed E-state index contributed by atoms with van der Waals surface area (Å²) in [4.78, 5) is 14.7. The van der Waals surface area contributed by atoms with Gasteiger partial charge in [0.2, 0.25) is 0 Å². The SMILES string of the molecule is O=C(O)c1csc(-c2cccc(Br)c2)n1. The Hall–Kier alpha value is -1.20. The number of hydrogen-bond donors (Lipinski definition) is 1. The normalized spacial score (nSPS) is 10.2. The van der Waals surface area contributed by atoms with Crippen LogP contribution in [0.15, 0.2) is 34.1 Å². The molecule has 0 unspecified atom stereocenters. The number of halogens is 1. The molecule has 1 N–H and O–H groups in total. The van der Waals surface area contributed by atoms with Crippen LogP contribution in [-0.2, 0) is 0 Å². The number of benzene rings is 1. The van der Waals surface area contributed by atoms with E-state index in [-0.39, 0.29) is 5.69 Å². The first-order chi connectivity index (χ1) is 7.16. The molecule has 15 heavy (non-hydrogen) atoms. The van der Waals surface area contributed by atoms with E-state index in [1.807, 2.05) is 24.3 Å². The topological polar surface area (TPSA) is 50.2 Å². The van der Waals surface area contributed by atoms with Crippen molar-refractivity contribution in [3.8, 4) is 10.6 Å². The maximum atomic E-state index is 10.6. The molecule has 0 saturated heterocycles. The average Bonchev–Trinajstić information content (AvgIpc) is 2.66. The summed E-state index contributed by atoms with van der Waals surface area (Å²) in [5.41, 5.74) is 1.01. The lowest BCUT2D eigenvalue weighted by Crippen LogP contribution is -1.95. The lowest BCUT2D eigenvalue weighted by Gasteiger charge is -1.95. The molecule has 0 aliphatic rings. The van der Waals surface area contributed by atoms with Gasteiger partial charge in [0.05, 0.1) is 0 Å². The van der Waals surface area contributed by atoms with Gasteiger partial charge >= 0.3 is 5.97 Å². The molecule has 2 rings (SSSR count). The summed E-state index contributed by atoms with van der Waals surface area (Å²) in [5, 5.41) is 11.0. The maximum absolute atomic E-state index is 10.6. The molecule has 76 valence electrons. The minimum absolute atomic E-state index is 0.0926. The molecule has 0 aliphatic heterocycles. The number of carboxylic acids is 1. The van der Waals surface area contributed by atoms with Gasteiger partial charge < -0.3 is 5.11 Å². The number of rotatable bonds is 2. The summed E-state index contributed by atoms with van der Waals surface area (Å²) in [5.74, 6) is -0.993. The highest BCUT2D eigenvalue weighted by Gasteiger charge is 2.09. The van der Waals surface area contributed by atoms with Crippen LogP contribution in [0.5, 0.6) is 0 Å². The van der Waals surface area contributed by atoms with Crippen molar-refractivity contribution in [3.63, 3.8) is 0 Å². The van der Waals surface area contributed by atoms with Gasteiger partial charge in [0.1, 0.15) is 5.01 Å². The van der Waals surface area contributed by atoms with Gasteiger partial charge in [0.25, 0.3) is 0 Å². The molecular formula is C10H6BrNO2S. The number of carbonyl (C=O) groups is 1. The molecule has 2 aromatic rings. The fraction of sp³-hybridized carbons (Fsp3) is 0. The summed E-state index contributed by atoms with van der Waals surface area (Å²) in [6.07, 6.45) is 0. The van der Waals surface area contributed by atoms with Gasteiger partial charge in [0, 0.05) is 15.4 Å².